The van der Waals surface area contributed by atoms with E-state index in [1.54, 1.807) is 60.7 Å². The van der Waals surface area contributed by atoms with Gasteiger partial charge in [-0.1, -0.05) is 77.5 Å². The van der Waals surface area contributed by atoms with Crippen molar-refractivity contribution in [2.24, 2.45) is 11.8 Å². The second-order valence-corrected chi connectivity index (χ2v) is 9.94. The first-order valence-electron chi connectivity index (χ1n) is 11.5. The fourth-order valence-electron chi connectivity index (χ4n) is 5.74. The van der Waals surface area contributed by atoms with Crippen molar-refractivity contribution in [3.05, 3.63) is 99.5 Å². The average molecular weight is 530 g/mol. The maximum atomic E-state index is 14.0. The molecule has 7 heteroatoms. The van der Waals surface area contributed by atoms with Gasteiger partial charge in [0.1, 0.15) is 0 Å². The molecule has 1 spiro atoms. The Bertz CT molecular complexity index is 1390. The van der Waals surface area contributed by atoms with Gasteiger partial charge in [0.25, 0.3) is 0 Å². The molecule has 2 fully saturated rings. The summed E-state index contributed by atoms with van der Waals surface area (Å²) in [5, 5.41) is 0. The maximum Gasteiger partial charge on any atom is 0.241 e. The molecule has 6 rings (SSSR count). The molecule has 0 bridgehead atoms. The van der Waals surface area contributed by atoms with Crippen molar-refractivity contribution >= 4 is 45.0 Å². The van der Waals surface area contributed by atoms with Gasteiger partial charge in [-0.25, -0.2) is 4.90 Å². The van der Waals surface area contributed by atoms with E-state index < -0.39 is 46.9 Å². The van der Waals surface area contributed by atoms with Gasteiger partial charge in [-0.3, -0.25) is 19.2 Å². The van der Waals surface area contributed by atoms with Gasteiger partial charge in [0.05, 0.1) is 23.6 Å². The number of carbonyl (C=O) groups is 4. The van der Waals surface area contributed by atoms with Crippen molar-refractivity contribution in [2.45, 2.75) is 25.0 Å². The van der Waals surface area contributed by atoms with Gasteiger partial charge >= 0.3 is 0 Å². The Morgan fingerprint density at radius 1 is 0.829 bits per heavy atom. The normalized spacial score (nSPS) is 24.4. The topological polar surface area (TPSA) is 80.8 Å². The minimum atomic E-state index is -2.06. The third kappa shape index (κ3) is 2.85. The average Bonchev–Trinajstić information content (AvgIpc) is 3.44. The van der Waals surface area contributed by atoms with Gasteiger partial charge in [0.2, 0.25) is 29.0 Å². The number of anilines is 1. The molecule has 1 aliphatic carbocycles. The van der Waals surface area contributed by atoms with E-state index in [0.29, 0.717) is 17.7 Å². The molecule has 3 atom stereocenters. The highest BCUT2D eigenvalue weighted by atomic mass is 79.9. The quantitative estimate of drug-likeness (QED) is 0.362. The van der Waals surface area contributed by atoms with Crippen molar-refractivity contribution in [2.75, 3.05) is 4.90 Å². The lowest BCUT2D eigenvalue weighted by atomic mass is 9.77. The van der Waals surface area contributed by atoms with Crippen LogP contribution in [0, 0.1) is 11.8 Å². The van der Waals surface area contributed by atoms with Crippen LogP contribution in [0.4, 0.5) is 5.69 Å². The molecule has 0 N–H and O–H groups in total. The van der Waals surface area contributed by atoms with E-state index in [0.717, 1.165) is 14.9 Å². The highest BCUT2D eigenvalue weighted by Gasteiger charge is 2.74. The number of rotatable bonds is 3. The van der Waals surface area contributed by atoms with E-state index in [1.807, 2.05) is 19.1 Å². The van der Waals surface area contributed by atoms with Crippen LogP contribution in [0.25, 0.3) is 0 Å². The number of hydrogen-bond acceptors (Lipinski definition) is 5. The Balaban J connectivity index is 1.55. The Morgan fingerprint density at radius 3 is 2.06 bits per heavy atom. The molecule has 0 radical (unpaired) electrons. The first-order valence-corrected chi connectivity index (χ1v) is 12.3. The molecule has 2 heterocycles. The monoisotopic (exact) mass is 529 g/mol. The first kappa shape index (κ1) is 22.1. The number of hydrogen-bond donors (Lipinski definition) is 0. The van der Waals surface area contributed by atoms with Crippen LogP contribution in [0.2, 0.25) is 0 Å². The fourth-order valence-corrected chi connectivity index (χ4v) is 6.00. The number of para-hydroxylation sites is 1. The van der Waals surface area contributed by atoms with E-state index in [9.17, 15) is 19.2 Å². The molecule has 2 amide bonds. The number of nitrogens with zero attached hydrogens (tertiary/aromatic N) is 1. The number of aryl methyl sites for hydroxylation is 1. The van der Waals surface area contributed by atoms with E-state index in [2.05, 4.69) is 15.9 Å². The number of amides is 2. The van der Waals surface area contributed by atoms with E-state index in [1.165, 1.54) is 0 Å². The Labute approximate surface area is 210 Å². The number of ether oxygens (including phenoxy) is 1. The minimum Gasteiger partial charge on any atom is -0.349 e. The molecule has 0 saturated carbocycles. The van der Waals surface area contributed by atoms with Crippen molar-refractivity contribution in [3.8, 4) is 0 Å². The maximum absolute atomic E-state index is 14.0. The van der Waals surface area contributed by atoms with E-state index in [4.69, 9.17) is 4.74 Å². The smallest absolute Gasteiger partial charge is 0.241 e. The number of imide groups is 1. The summed E-state index contributed by atoms with van der Waals surface area (Å²) < 4.78 is 7.14. The van der Waals surface area contributed by atoms with Crippen LogP contribution in [0.3, 0.4) is 0 Å². The third-order valence-electron chi connectivity index (χ3n) is 7.33. The summed E-state index contributed by atoms with van der Waals surface area (Å²) in [6.45, 7) is 1.95. The van der Waals surface area contributed by atoms with Gasteiger partial charge < -0.3 is 4.74 Å². The van der Waals surface area contributed by atoms with Crippen molar-refractivity contribution in [1.82, 2.24) is 0 Å². The molecule has 3 aromatic rings. The predicted octanol–water partition coefficient (Wildman–Crippen LogP) is 4.71. The van der Waals surface area contributed by atoms with Crippen LogP contribution in [0.15, 0.2) is 77.3 Å². The number of carbonyl (C=O) groups excluding carboxylic acids is 4. The van der Waals surface area contributed by atoms with Crippen LogP contribution in [0.5, 0.6) is 0 Å². The highest BCUT2D eigenvalue weighted by molar-refractivity contribution is 9.10. The van der Waals surface area contributed by atoms with Crippen molar-refractivity contribution in [3.63, 3.8) is 0 Å². The molecule has 6 nitrogen and oxygen atoms in total. The Kier molecular flexibility index (Phi) is 4.92. The summed E-state index contributed by atoms with van der Waals surface area (Å²) in [6.07, 6.45) is -0.311. The fraction of sp³-hybridized carbons (Fsp3) is 0.214. The van der Waals surface area contributed by atoms with Crippen LogP contribution in [-0.2, 0) is 20.7 Å². The van der Waals surface area contributed by atoms with Gasteiger partial charge in [-0.2, -0.15) is 0 Å². The minimum absolute atomic E-state index is 0.223. The molecule has 35 heavy (non-hydrogen) atoms. The molecule has 0 unspecified atom stereocenters. The third-order valence-corrected chi connectivity index (χ3v) is 7.86. The van der Waals surface area contributed by atoms with Gasteiger partial charge in [0.15, 0.2) is 0 Å². The van der Waals surface area contributed by atoms with Crippen LogP contribution in [-0.4, -0.2) is 29.0 Å². The second-order valence-electron chi connectivity index (χ2n) is 9.03. The zero-order chi connectivity index (χ0) is 24.5. The predicted molar refractivity (Wildman–Crippen MR) is 131 cm³/mol. The van der Waals surface area contributed by atoms with Crippen LogP contribution in [0.1, 0.15) is 44.9 Å². The molecular formula is C28H20BrNO5. The lowest BCUT2D eigenvalue weighted by Gasteiger charge is -2.28. The molecule has 3 aromatic carbocycles. The highest BCUT2D eigenvalue weighted by Crippen LogP contribution is 2.57. The van der Waals surface area contributed by atoms with Gasteiger partial charge in [-0.05, 0) is 35.7 Å². The van der Waals surface area contributed by atoms with Crippen LogP contribution < -0.4 is 4.90 Å². The first-order chi connectivity index (χ1) is 16.9. The summed E-state index contributed by atoms with van der Waals surface area (Å²) in [7, 11) is 0. The molecular weight excluding hydrogens is 510 g/mol. The van der Waals surface area contributed by atoms with E-state index in [-0.39, 0.29) is 11.1 Å². The molecule has 174 valence electrons. The zero-order valence-corrected chi connectivity index (χ0v) is 20.3. The largest absolute Gasteiger partial charge is 0.349 e. The summed E-state index contributed by atoms with van der Waals surface area (Å²) in [4.78, 5) is 56.7. The molecule has 2 aliphatic heterocycles. The number of halogens is 1. The standard InChI is InChI=1S/C28H20BrNO5/c1-2-15-7-3-6-10-20(15)30-26(33)21-22(27(30)34)28(35-23(21)16-11-13-17(29)14-12-16)24(31)18-8-4-5-9-19(18)25(28)32/h3-14,21-23H,2H2,1H3/t21-,22-,23-/m0/s1. The SMILES string of the molecule is CCc1ccccc1N1C(=O)[C@H]2[C@@H](C1=O)C1(O[C@H]2c2ccc(Br)cc2)C(=O)c2ccccc2C1=O. The van der Waals surface area contributed by atoms with Crippen LogP contribution >= 0.6 is 15.9 Å². The number of benzene rings is 3. The Hall–Kier alpha value is -3.42. The summed E-state index contributed by atoms with van der Waals surface area (Å²) in [5.74, 6) is -4.40. The van der Waals surface area contributed by atoms with E-state index >= 15 is 0 Å². The molecule has 0 aromatic heterocycles. The summed E-state index contributed by atoms with van der Waals surface area (Å²) in [6, 6.07) is 20.9. The number of ketones is 2. The molecule has 3 aliphatic rings. The second kappa shape index (κ2) is 7.80. The lowest BCUT2D eigenvalue weighted by Crippen LogP contribution is -2.51. The van der Waals surface area contributed by atoms with Gasteiger partial charge in [0, 0.05) is 15.6 Å². The van der Waals surface area contributed by atoms with Crippen molar-refractivity contribution < 1.29 is 23.9 Å². The summed E-state index contributed by atoms with van der Waals surface area (Å²) in [5.41, 5.74) is 0.328. The van der Waals surface area contributed by atoms with Gasteiger partial charge in [-0.15, -0.1) is 0 Å². The summed E-state index contributed by atoms with van der Waals surface area (Å²) >= 11 is 3.41. The Morgan fingerprint density at radius 2 is 1.43 bits per heavy atom. The lowest BCUT2D eigenvalue weighted by molar-refractivity contribution is -0.127. The van der Waals surface area contributed by atoms with Crippen molar-refractivity contribution in [1.29, 1.82) is 0 Å². The number of fused-ring (bicyclic) bond motifs is 3. The number of Topliss-reactive ketones (excluding diaryl/α,β-unsaturated/α-hetero) is 2. The zero-order valence-electron chi connectivity index (χ0n) is 18.7. The molecule has 2 saturated heterocycles.